The van der Waals surface area contributed by atoms with E-state index in [1.54, 1.807) is 12.1 Å². The Hall–Kier alpha value is -3.96. The van der Waals surface area contributed by atoms with Crippen molar-refractivity contribution in [2.45, 2.75) is 12.5 Å². The van der Waals surface area contributed by atoms with Gasteiger partial charge in [0.15, 0.2) is 5.69 Å². The van der Waals surface area contributed by atoms with Crippen LogP contribution in [-0.4, -0.2) is 20.7 Å². The first-order valence-corrected chi connectivity index (χ1v) is 8.95. The number of benzene rings is 1. The second kappa shape index (κ2) is 7.62. The van der Waals surface area contributed by atoms with Crippen molar-refractivity contribution in [1.82, 2.24) is 14.4 Å². The van der Waals surface area contributed by atoms with Crippen molar-refractivity contribution in [3.63, 3.8) is 0 Å². The molecule has 0 spiro atoms. The van der Waals surface area contributed by atoms with Crippen LogP contribution in [0.1, 0.15) is 5.69 Å². The van der Waals surface area contributed by atoms with Gasteiger partial charge in [-0.2, -0.15) is 13.2 Å². The third-order valence-electron chi connectivity index (χ3n) is 4.25. The zero-order valence-corrected chi connectivity index (χ0v) is 15.9. The van der Waals surface area contributed by atoms with Gasteiger partial charge in [-0.1, -0.05) is 6.07 Å². The van der Waals surface area contributed by atoms with E-state index in [1.165, 1.54) is 40.9 Å². The van der Waals surface area contributed by atoms with Crippen molar-refractivity contribution in [1.29, 1.82) is 0 Å². The third-order valence-corrected chi connectivity index (χ3v) is 4.25. The van der Waals surface area contributed by atoms with Crippen LogP contribution in [0.3, 0.4) is 0 Å². The molecular formula is C20H13F6N5O. The summed E-state index contributed by atoms with van der Waals surface area (Å²) in [6.45, 7) is 0. The molecule has 32 heavy (non-hydrogen) atoms. The molecule has 4 rings (SSSR count). The fourth-order valence-electron chi connectivity index (χ4n) is 3.06. The highest BCUT2D eigenvalue weighted by Crippen LogP contribution is 2.37. The van der Waals surface area contributed by atoms with Gasteiger partial charge in [-0.25, -0.2) is 9.97 Å². The lowest BCUT2D eigenvalue weighted by Crippen LogP contribution is -2.16. The van der Waals surface area contributed by atoms with Crippen LogP contribution in [-0.2, 0) is 6.18 Å². The lowest BCUT2D eigenvalue weighted by molar-refractivity contribution is -0.274. The summed E-state index contributed by atoms with van der Waals surface area (Å²) in [6, 6.07) is 11.9. The van der Waals surface area contributed by atoms with Gasteiger partial charge in [-0.05, 0) is 42.5 Å². The Kier molecular flexibility index (Phi) is 5.07. The normalized spacial score (nSPS) is 12.2. The number of anilines is 3. The number of nitrogens with one attached hydrogen (secondary N) is 1. The summed E-state index contributed by atoms with van der Waals surface area (Å²) in [7, 11) is 0. The van der Waals surface area contributed by atoms with Gasteiger partial charge in [0.05, 0.1) is 5.69 Å². The summed E-state index contributed by atoms with van der Waals surface area (Å²) in [5.74, 6) is -0.340. The maximum atomic E-state index is 13.6. The molecule has 12 heteroatoms. The molecule has 0 radical (unpaired) electrons. The Labute approximate surface area is 176 Å². The molecule has 0 atom stereocenters. The Bertz CT molecular complexity index is 1260. The smallest absolute Gasteiger partial charge is 0.406 e. The number of pyridine rings is 2. The Balaban J connectivity index is 1.72. The molecule has 3 N–H and O–H groups in total. The highest BCUT2D eigenvalue weighted by atomic mass is 19.4. The lowest BCUT2D eigenvalue weighted by Gasteiger charge is -2.12. The minimum absolute atomic E-state index is 0.0776. The molecule has 0 bridgehead atoms. The Morgan fingerprint density at radius 2 is 1.62 bits per heavy atom. The number of nitrogens with zero attached hydrogens (tertiary/aromatic N) is 3. The number of fused-ring (bicyclic) bond motifs is 1. The first-order valence-electron chi connectivity index (χ1n) is 8.95. The summed E-state index contributed by atoms with van der Waals surface area (Å²) >= 11 is 0. The molecule has 3 aromatic heterocycles. The number of nitrogen functional groups attached to an aromatic ring is 1. The fraction of sp³-hybridized carbons (Fsp3) is 0.100. The largest absolute Gasteiger partial charge is 0.573 e. The van der Waals surface area contributed by atoms with Crippen molar-refractivity contribution < 1.29 is 31.1 Å². The van der Waals surface area contributed by atoms with Gasteiger partial charge < -0.3 is 15.8 Å². The van der Waals surface area contributed by atoms with Crippen molar-refractivity contribution in [2.24, 2.45) is 0 Å². The van der Waals surface area contributed by atoms with Crippen LogP contribution in [0.25, 0.3) is 17.0 Å². The Morgan fingerprint density at radius 1 is 0.906 bits per heavy atom. The van der Waals surface area contributed by atoms with Gasteiger partial charge in [0.2, 0.25) is 0 Å². The van der Waals surface area contributed by atoms with Gasteiger partial charge >= 0.3 is 12.5 Å². The van der Waals surface area contributed by atoms with Gasteiger partial charge in [-0.3, -0.25) is 4.40 Å². The first-order chi connectivity index (χ1) is 15.0. The van der Waals surface area contributed by atoms with Crippen LogP contribution in [0.2, 0.25) is 0 Å². The average molecular weight is 453 g/mol. The second-order valence-electron chi connectivity index (χ2n) is 6.60. The van der Waals surface area contributed by atoms with E-state index in [0.29, 0.717) is 5.69 Å². The fourth-order valence-corrected chi connectivity index (χ4v) is 3.06. The number of imidazole rings is 1. The van der Waals surface area contributed by atoms with Crippen molar-refractivity contribution in [2.75, 3.05) is 11.1 Å². The van der Waals surface area contributed by atoms with Crippen LogP contribution in [0, 0.1) is 0 Å². The molecule has 4 aromatic rings. The lowest BCUT2D eigenvalue weighted by atomic mass is 10.2. The van der Waals surface area contributed by atoms with E-state index in [4.69, 9.17) is 5.73 Å². The van der Waals surface area contributed by atoms with Crippen LogP contribution in [0.4, 0.5) is 43.5 Å². The monoisotopic (exact) mass is 453 g/mol. The number of rotatable bonds is 4. The number of hydrogen-bond acceptors (Lipinski definition) is 5. The molecule has 3 heterocycles. The summed E-state index contributed by atoms with van der Waals surface area (Å²) in [4.78, 5) is 7.89. The number of ether oxygens (including phenoxy) is 1. The summed E-state index contributed by atoms with van der Waals surface area (Å²) in [6.07, 6.45) is -8.15. The maximum Gasteiger partial charge on any atom is 0.573 e. The SMILES string of the molecule is Nc1cc(Nc2ccc(OC(F)(F)F)cc2)nc(-c2c(C(F)(F)F)nc3ccccn23)c1. The highest BCUT2D eigenvalue weighted by molar-refractivity contribution is 5.71. The van der Waals surface area contributed by atoms with Crippen molar-refractivity contribution >= 4 is 22.8 Å². The molecule has 0 aliphatic rings. The van der Waals surface area contributed by atoms with Gasteiger partial charge in [-0.15, -0.1) is 13.2 Å². The van der Waals surface area contributed by atoms with Crippen LogP contribution in [0.5, 0.6) is 5.75 Å². The van der Waals surface area contributed by atoms with Gasteiger partial charge in [0, 0.05) is 23.6 Å². The summed E-state index contributed by atoms with van der Waals surface area (Å²) in [5.41, 5.74) is 4.89. The predicted molar refractivity (Wildman–Crippen MR) is 104 cm³/mol. The van der Waals surface area contributed by atoms with Crippen molar-refractivity contribution in [3.8, 4) is 17.1 Å². The quantitative estimate of drug-likeness (QED) is 0.391. The van der Waals surface area contributed by atoms with E-state index in [-0.39, 0.29) is 28.5 Å². The number of aromatic nitrogens is 3. The minimum Gasteiger partial charge on any atom is -0.406 e. The van der Waals surface area contributed by atoms with Crippen LogP contribution >= 0.6 is 0 Å². The molecule has 0 aliphatic heterocycles. The first kappa shape index (κ1) is 21.3. The molecule has 0 saturated carbocycles. The molecule has 0 unspecified atom stereocenters. The average Bonchev–Trinajstić information content (AvgIpc) is 3.08. The van der Waals surface area contributed by atoms with Crippen molar-refractivity contribution in [3.05, 3.63) is 66.5 Å². The van der Waals surface area contributed by atoms with E-state index in [2.05, 4.69) is 20.0 Å². The minimum atomic E-state index is -4.83. The maximum absolute atomic E-state index is 13.6. The highest BCUT2D eigenvalue weighted by Gasteiger charge is 2.38. The molecule has 0 saturated heterocycles. The Morgan fingerprint density at radius 3 is 2.28 bits per heavy atom. The molecule has 0 fully saturated rings. The predicted octanol–water partition coefficient (Wildman–Crippen LogP) is 5.64. The topological polar surface area (TPSA) is 77.5 Å². The van der Waals surface area contributed by atoms with Gasteiger partial charge in [0.25, 0.3) is 0 Å². The molecule has 0 amide bonds. The van der Waals surface area contributed by atoms with Gasteiger partial charge in [0.1, 0.15) is 22.9 Å². The zero-order chi connectivity index (χ0) is 23.1. The van der Waals surface area contributed by atoms with E-state index in [0.717, 1.165) is 12.1 Å². The zero-order valence-electron chi connectivity index (χ0n) is 15.9. The number of halogens is 6. The number of nitrogens with two attached hydrogens (primary N) is 1. The summed E-state index contributed by atoms with van der Waals surface area (Å²) in [5, 5.41) is 2.80. The molecular weight excluding hydrogens is 440 g/mol. The third kappa shape index (κ3) is 4.53. The number of alkyl halides is 6. The van der Waals surface area contributed by atoms with Crippen LogP contribution in [0.15, 0.2) is 60.8 Å². The van der Waals surface area contributed by atoms with E-state index in [1.807, 2.05) is 0 Å². The van der Waals surface area contributed by atoms with E-state index in [9.17, 15) is 26.3 Å². The van der Waals surface area contributed by atoms with E-state index < -0.39 is 24.0 Å². The molecule has 1 aromatic carbocycles. The molecule has 0 aliphatic carbocycles. The molecule has 166 valence electrons. The van der Waals surface area contributed by atoms with Crippen LogP contribution < -0.4 is 15.8 Å². The standard InChI is InChI=1S/C20H13F6N5O/c21-19(22,23)18-17(31-8-2-1-3-16(31)30-18)14-9-11(27)10-15(29-14)28-12-4-6-13(7-5-12)32-20(24,25)26/h1-10H,(H3,27,28,29). The van der Waals surface area contributed by atoms with E-state index >= 15 is 0 Å². The summed E-state index contributed by atoms with van der Waals surface area (Å²) < 4.78 is 82.8. The number of hydrogen-bond donors (Lipinski definition) is 2. The second-order valence-corrected chi connectivity index (χ2v) is 6.60. The molecule has 6 nitrogen and oxygen atoms in total.